The Bertz CT molecular complexity index is 436. The Morgan fingerprint density at radius 1 is 1.38 bits per heavy atom. The van der Waals surface area contributed by atoms with E-state index in [0.29, 0.717) is 5.92 Å². The van der Waals surface area contributed by atoms with E-state index in [-0.39, 0.29) is 11.3 Å². The van der Waals surface area contributed by atoms with Crippen LogP contribution in [0.1, 0.15) is 24.8 Å². The van der Waals surface area contributed by atoms with Crippen LogP contribution in [0.15, 0.2) is 28.7 Å². The Balaban J connectivity index is 2.00. The van der Waals surface area contributed by atoms with Crippen LogP contribution < -0.4 is 0 Å². The molecule has 3 aliphatic rings. The van der Waals surface area contributed by atoms with Crippen molar-refractivity contribution in [2.75, 3.05) is 0 Å². The van der Waals surface area contributed by atoms with Crippen LogP contribution >= 0.6 is 15.9 Å². The van der Waals surface area contributed by atoms with E-state index in [4.69, 9.17) is 0 Å². The van der Waals surface area contributed by atoms with Gasteiger partial charge in [0, 0.05) is 9.89 Å². The van der Waals surface area contributed by atoms with E-state index >= 15 is 0 Å². The predicted molar refractivity (Wildman–Crippen MR) is 64.3 cm³/mol. The van der Waals surface area contributed by atoms with Gasteiger partial charge >= 0.3 is 5.97 Å². The quantitative estimate of drug-likeness (QED) is 0.903. The van der Waals surface area contributed by atoms with Gasteiger partial charge < -0.3 is 5.11 Å². The van der Waals surface area contributed by atoms with Gasteiger partial charge in [0.05, 0.1) is 5.92 Å². The summed E-state index contributed by atoms with van der Waals surface area (Å²) in [5.41, 5.74) is 1.15. The minimum atomic E-state index is -0.614. The number of benzene rings is 1. The molecule has 0 unspecified atom stereocenters. The van der Waals surface area contributed by atoms with Crippen LogP contribution in [0, 0.1) is 11.8 Å². The average molecular weight is 281 g/mol. The van der Waals surface area contributed by atoms with Crippen LogP contribution in [0.2, 0.25) is 0 Å². The Labute approximate surface area is 103 Å². The van der Waals surface area contributed by atoms with Crippen LogP contribution in [-0.4, -0.2) is 11.1 Å². The number of aliphatic carboxylic acids is 1. The Hall–Kier alpha value is -0.830. The predicted octanol–water partition coefficient (Wildman–Crippen LogP) is 3.20. The van der Waals surface area contributed by atoms with Gasteiger partial charge in [-0.15, -0.1) is 0 Å². The van der Waals surface area contributed by atoms with Crippen molar-refractivity contribution >= 4 is 21.9 Å². The molecule has 2 nitrogen and oxygen atoms in total. The van der Waals surface area contributed by atoms with Crippen molar-refractivity contribution in [3.8, 4) is 0 Å². The minimum Gasteiger partial charge on any atom is -0.481 e. The van der Waals surface area contributed by atoms with Crippen LogP contribution in [0.4, 0.5) is 0 Å². The second-order valence-corrected chi connectivity index (χ2v) is 5.90. The van der Waals surface area contributed by atoms with E-state index in [1.54, 1.807) is 0 Å². The van der Waals surface area contributed by atoms with Gasteiger partial charge in [-0.2, -0.15) is 0 Å². The number of hydrogen-bond acceptors (Lipinski definition) is 1. The maximum absolute atomic E-state index is 11.3. The van der Waals surface area contributed by atoms with E-state index in [0.717, 1.165) is 23.7 Å². The number of fused-ring (bicyclic) bond motifs is 1. The maximum Gasteiger partial charge on any atom is 0.307 e. The van der Waals surface area contributed by atoms with Crippen LogP contribution in [0.25, 0.3) is 0 Å². The normalized spacial score (nSPS) is 35.8. The summed E-state index contributed by atoms with van der Waals surface area (Å²) in [5.74, 6) is -0.341. The van der Waals surface area contributed by atoms with Gasteiger partial charge in [0.1, 0.15) is 0 Å². The molecule has 84 valence electrons. The second kappa shape index (κ2) is 3.33. The number of carboxylic acids is 1. The highest BCUT2D eigenvalue weighted by molar-refractivity contribution is 9.10. The molecule has 1 aromatic rings. The molecule has 0 radical (unpaired) electrons. The van der Waals surface area contributed by atoms with Crippen LogP contribution in [-0.2, 0) is 10.2 Å². The summed E-state index contributed by atoms with van der Waals surface area (Å²) in [6.07, 6.45) is 3.18. The smallest absolute Gasteiger partial charge is 0.307 e. The first kappa shape index (κ1) is 10.3. The van der Waals surface area contributed by atoms with Crippen molar-refractivity contribution in [1.82, 2.24) is 0 Å². The van der Waals surface area contributed by atoms with E-state index in [2.05, 4.69) is 28.1 Å². The Morgan fingerprint density at radius 2 is 2.06 bits per heavy atom. The monoisotopic (exact) mass is 280 g/mol. The van der Waals surface area contributed by atoms with Gasteiger partial charge in [-0.1, -0.05) is 28.1 Å². The molecule has 0 aromatic heterocycles. The van der Waals surface area contributed by atoms with Crippen molar-refractivity contribution in [1.29, 1.82) is 0 Å². The fourth-order valence-electron chi connectivity index (χ4n) is 3.63. The molecule has 3 fully saturated rings. The van der Waals surface area contributed by atoms with Crippen LogP contribution in [0.5, 0.6) is 0 Å². The Morgan fingerprint density at radius 3 is 2.62 bits per heavy atom. The molecule has 3 aliphatic carbocycles. The summed E-state index contributed by atoms with van der Waals surface area (Å²) >= 11 is 3.41. The van der Waals surface area contributed by atoms with Gasteiger partial charge in [-0.3, -0.25) is 4.79 Å². The highest BCUT2D eigenvalue weighted by Crippen LogP contribution is 2.63. The summed E-state index contributed by atoms with van der Waals surface area (Å²) < 4.78 is 1.05. The molecular formula is C13H13BrO2. The van der Waals surface area contributed by atoms with Gasteiger partial charge in [-0.25, -0.2) is 0 Å². The van der Waals surface area contributed by atoms with Crippen molar-refractivity contribution in [3.05, 3.63) is 34.3 Å². The SMILES string of the molecule is O=C(O)[C@H]1[C@H]2CC[C@@]1(c1ccc(Br)cc1)C2. The van der Waals surface area contributed by atoms with Gasteiger partial charge in [0.2, 0.25) is 0 Å². The first-order valence-corrected chi connectivity index (χ1v) is 6.42. The average Bonchev–Trinajstić information content (AvgIpc) is 2.76. The van der Waals surface area contributed by atoms with Crippen molar-refractivity contribution in [2.24, 2.45) is 11.8 Å². The van der Waals surface area contributed by atoms with Crippen molar-refractivity contribution in [2.45, 2.75) is 24.7 Å². The number of hydrogen-bond donors (Lipinski definition) is 1. The lowest BCUT2D eigenvalue weighted by Gasteiger charge is -2.45. The fraction of sp³-hybridized carbons (Fsp3) is 0.462. The molecule has 0 amide bonds. The van der Waals surface area contributed by atoms with Gasteiger partial charge in [0.25, 0.3) is 0 Å². The summed E-state index contributed by atoms with van der Waals surface area (Å²) in [7, 11) is 0. The molecule has 4 rings (SSSR count). The van der Waals surface area contributed by atoms with E-state index < -0.39 is 5.97 Å². The maximum atomic E-state index is 11.3. The van der Waals surface area contributed by atoms with E-state index in [1.165, 1.54) is 5.56 Å². The first-order chi connectivity index (χ1) is 7.63. The van der Waals surface area contributed by atoms with Crippen molar-refractivity contribution < 1.29 is 9.90 Å². The third-order valence-electron chi connectivity index (χ3n) is 4.34. The van der Waals surface area contributed by atoms with Gasteiger partial charge in [0.15, 0.2) is 0 Å². The number of carbonyl (C=O) groups is 1. The Kier molecular flexibility index (Phi) is 2.15. The zero-order valence-electron chi connectivity index (χ0n) is 8.82. The zero-order chi connectivity index (χ0) is 11.3. The number of carboxylic acid groups (broad SMARTS) is 1. The molecular weight excluding hydrogens is 268 g/mol. The first-order valence-electron chi connectivity index (χ1n) is 5.62. The molecule has 0 saturated heterocycles. The largest absolute Gasteiger partial charge is 0.481 e. The lowest BCUT2D eigenvalue weighted by molar-refractivity contribution is -0.150. The minimum absolute atomic E-state index is 0.0583. The molecule has 3 saturated carbocycles. The van der Waals surface area contributed by atoms with Crippen molar-refractivity contribution in [3.63, 3.8) is 0 Å². The molecule has 0 heterocycles. The summed E-state index contributed by atoms with van der Waals surface area (Å²) in [4.78, 5) is 11.3. The molecule has 2 bridgehead atoms. The standard InChI is InChI=1S/C13H13BrO2/c14-10-3-1-9(2-4-10)13-6-5-8(7-13)11(13)12(15)16/h1-4,8,11H,5-7H2,(H,15,16)/t8-,11+,13-/m0/s1. The third kappa shape index (κ3) is 1.21. The third-order valence-corrected chi connectivity index (χ3v) is 4.87. The van der Waals surface area contributed by atoms with E-state index in [1.807, 2.05) is 12.1 Å². The highest BCUT2D eigenvalue weighted by Gasteiger charge is 2.62. The van der Waals surface area contributed by atoms with Gasteiger partial charge in [-0.05, 0) is 42.9 Å². The lowest BCUT2D eigenvalue weighted by Crippen LogP contribution is -2.48. The molecule has 0 spiro atoms. The van der Waals surface area contributed by atoms with Crippen LogP contribution in [0.3, 0.4) is 0 Å². The summed E-state index contributed by atoms with van der Waals surface area (Å²) in [6.45, 7) is 0. The summed E-state index contributed by atoms with van der Waals surface area (Å²) in [5, 5.41) is 9.29. The molecule has 1 N–H and O–H groups in total. The van der Waals surface area contributed by atoms with E-state index in [9.17, 15) is 9.90 Å². The number of rotatable bonds is 2. The lowest BCUT2D eigenvalue weighted by atomic mass is 9.57. The number of halogens is 1. The molecule has 3 heteroatoms. The topological polar surface area (TPSA) is 37.3 Å². The molecule has 16 heavy (non-hydrogen) atoms. The zero-order valence-corrected chi connectivity index (χ0v) is 10.4. The summed E-state index contributed by atoms with van der Waals surface area (Å²) in [6, 6.07) is 8.16. The molecule has 3 atom stereocenters. The molecule has 1 aromatic carbocycles. The fourth-order valence-corrected chi connectivity index (χ4v) is 3.90. The molecule has 0 aliphatic heterocycles. The second-order valence-electron chi connectivity index (χ2n) is 4.98. The highest BCUT2D eigenvalue weighted by atomic mass is 79.9.